The molecule has 1 atom stereocenters. The van der Waals surface area contributed by atoms with E-state index in [1.807, 2.05) is 0 Å². The van der Waals surface area contributed by atoms with Gasteiger partial charge in [-0.3, -0.25) is 9.59 Å². The topological polar surface area (TPSA) is 60.4 Å². The molecule has 1 unspecified atom stereocenters. The summed E-state index contributed by atoms with van der Waals surface area (Å²) in [6, 6.07) is 3.31. The molecule has 80 valence electrons. The quantitative estimate of drug-likeness (QED) is 0.483. The summed E-state index contributed by atoms with van der Waals surface area (Å²) in [5.74, 6) is -1.37. The third-order valence-electron chi connectivity index (χ3n) is 3.11. The first-order chi connectivity index (χ1) is 7.59. The molecule has 0 bridgehead atoms. The van der Waals surface area contributed by atoms with Crippen LogP contribution in [-0.2, 0) is 16.0 Å². The molecule has 16 heavy (non-hydrogen) atoms. The molecular formula is C12H8O4. The second-order valence-electron chi connectivity index (χ2n) is 4.03. The monoisotopic (exact) mass is 216 g/mol. The molecule has 0 aromatic heterocycles. The van der Waals surface area contributed by atoms with Crippen molar-refractivity contribution in [3.8, 4) is 0 Å². The van der Waals surface area contributed by atoms with Gasteiger partial charge >= 0.3 is 5.97 Å². The van der Waals surface area contributed by atoms with Gasteiger partial charge in [-0.2, -0.15) is 0 Å². The molecule has 0 N–H and O–H groups in total. The Morgan fingerprint density at radius 1 is 1.25 bits per heavy atom. The zero-order valence-electron chi connectivity index (χ0n) is 8.57. The number of Topliss-reactive ketones (excluding diaryl/α,β-unsaturated/α-hetero) is 2. The first-order valence-corrected chi connectivity index (χ1v) is 5.04. The normalized spacial score (nSPS) is 22.1. The molecule has 4 nitrogen and oxygen atoms in total. The van der Waals surface area contributed by atoms with E-state index in [1.54, 1.807) is 19.1 Å². The van der Waals surface area contributed by atoms with Crippen molar-refractivity contribution in [3.63, 3.8) is 0 Å². The fourth-order valence-electron chi connectivity index (χ4n) is 2.32. The van der Waals surface area contributed by atoms with Gasteiger partial charge in [0.2, 0.25) is 11.6 Å². The zero-order chi connectivity index (χ0) is 11.4. The van der Waals surface area contributed by atoms with E-state index >= 15 is 0 Å². The van der Waals surface area contributed by atoms with Crippen LogP contribution in [0, 0.1) is 0 Å². The number of fused-ring (bicyclic) bond motifs is 3. The number of benzene rings is 1. The van der Waals surface area contributed by atoms with Crippen LogP contribution in [0.15, 0.2) is 12.1 Å². The van der Waals surface area contributed by atoms with Crippen molar-refractivity contribution in [3.05, 3.63) is 34.4 Å². The molecule has 4 heteroatoms. The summed E-state index contributed by atoms with van der Waals surface area (Å²) in [5, 5.41) is 0. The number of ether oxygens (including phenoxy) is 1. The minimum Gasteiger partial charge on any atom is -0.454 e. The Kier molecular flexibility index (Phi) is 1.61. The lowest BCUT2D eigenvalue weighted by Gasteiger charge is -2.03. The molecule has 1 aliphatic carbocycles. The van der Waals surface area contributed by atoms with Crippen molar-refractivity contribution in [2.75, 3.05) is 0 Å². The van der Waals surface area contributed by atoms with Crippen LogP contribution in [-0.4, -0.2) is 17.5 Å². The van der Waals surface area contributed by atoms with Crippen LogP contribution in [0.25, 0.3) is 0 Å². The fourth-order valence-corrected chi connectivity index (χ4v) is 2.32. The average Bonchev–Trinajstić information content (AvgIpc) is 2.68. The fraction of sp³-hybridized carbons (Fsp3) is 0.250. The van der Waals surface area contributed by atoms with Crippen molar-refractivity contribution < 1.29 is 19.1 Å². The molecule has 2 aliphatic rings. The van der Waals surface area contributed by atoms with E-state index in [4.69, 9.17) is 4.74 Å². The van der Waals surface area contributed by atoms with Crippen molar-refractivity contribution in [2.24, 2.45) is 0 Å². The predicted octanol–water partition coefficient (Wildman–Crippen LogP) is 1.23. The summed E-state index contributed by atoms with van der Waals surface area (Å²) >= 11 is 0. The Balaban J connectivity index is 2.31. The van der Waals surface area contributed by atoms with Gasteiger partial charge < -0.3 is 4.74 Å². The summed E-state index contributed by atoms with van der Waals surface area (Å²) in [6.45, 7) is 1.77. The van der Waals surface area contributed by atoms with E-state index in [9.17, 15) is 14.4 Å². The van der Waals surface area contributed by atoms with E-state index in [1.165, 1.54) is 0 Å². The van der Waals surface area contributed by atoms with E-state index in [-0.39, 0.29) is 12.5 Å². The number of rotatable bonds is 0. The number of hydrogen-bond acceptors (Lipinski definition) is 4. The number of ketones is 2. The number of esters is 1. The summed E-state index contributed by atoms with van der Waals surface area (Å²) < 4.78 is 5.07. The molecule has 0 saturated heterocycles. The molecule has 1 heterocycles. The Hall–Kier alpha value is -1.97. The summed E-state index contributed by atoms with van der Waals surface area (Å²) in [7, 11) is 0. The summed E-state index contributed by atoms with van der Waals surface area (Å²) in [5.41, 5.74) is 2.09. The molecule has 1 aliphatic heterocycles. The maximum absolute atomic E-state index is 11.6. The highest BCUT2D eigenvalue weighted by Crippen LogP contribution is 2.36. The Morgan fingerprint density at radius 3 is 2.75 bits per heavy atom. The maximum Gasteiger partial charge on any atom is 0.339 e. The van der Waals surface area contributed by atoms with Gasteiger partial charge in [-0.1, -0.05) is 12.1 Å². The average molecular weight is 216 g/mol. The number of carbonyl (C=O) groups is 3. The first kappa shape index (κ1) is 9.27. The number of cyclic esters (lactones) is 1. The van der Waals surface area contributed by atoms with Crippen LogP contribution in [0.3, 0.4) is 0 Å². The summed E-state index contributed by atoms with van der Waals surface area (Å²) in [4.78, 5) is 34.4. The van der Waals surface area contributed by atoms with E-state index < -0.39 is 17.5 Å². The van der Waals surface area contributed by atoms with Gasteiger partial charge in [0.05, 0.1) is 5.56 Å². The third kappa shape index (κ3) is 0.961. The summed E-state index contributed by atoms with van der Waals surface area (Å²) in [6.07, 6.45) is -0.266. The largest absolute Gasteiger partial charge is 0.454 e. The molecule has 0 saturated carbocycles. The van der Waals surface area contributed by atoms with Crippen LogP contribution in [0.1, 0.15) is 44.9 Å². The maximum atomic E-state index is 11.6. The van der Waals surface area contributed by atoms with Gasteiger partial charge in [-0.15, -0.1) is 0 Å². The standard InChI is InChI=1S/C12H8O4/c1-5-6-2-3-7-8(4-9(13)11(7)14)10(6)12(15)16-5/h2-3,5H,4H2,1H3. The second-order valence-corrected chi connectivity index (χ2v) is 4.03. The molecule has 1 aromatic carbocycles. The van der Waals surface area contributed by atoms with Crippen molar-refractivity contribution in [2.45, 2.75) is 19.4 Å². The lowest BCUT2D eigenvalue weighted by Crippen LogP contribution is -2.05. The highest BCUT2D eigenvalue weighted by molar-refractivity contribution is 6.47. The zero-order valence-corrected chi connectivity index (χ0v) is 8.57. The smallest absolute Gasteiger partial charge is 0.339 e. The highest BCUT2D eigenvalue weighted by atomic mass is 16.5. The molecule has 1 aromatic rings. The SMILES string of the molecule is CC1OC(=O)c2c1ccc1c2CC(=O)C1=O. The van der Waals surface area contributed by atoms with E-state index in [0.29, 0.717) is 16.7 Å². The van der Waals surface area contributed by atoms with Crippen molar-refractivity contribution in [1.29, 1.82) is 0 Å². The Labute approximate surface area is 91.2 Å². The van der Waals surface area contributed by atoms with Gasteiger partial charge in [-0.25, -0.2) is 4.79 Å². The predicted molar refractivity (Wildman–Crippen MR) is 53.3 cm³/mol. The molecular weight excluding hydrogens is 208 g/mol. The van der Waals surface area contributed by atoms with Gasteiger partial charge in [0, 0.05) is 17.5 Å². The Morgan fingerprint density at radius 2 is 2.00 bits per heavy atom. The van der Waals surface area contributed by atoms with E-state index in [2.05, 4.69) is 0 Å². The van der Waals surface area contributed by atoms with Crippen LogP contribution in [0.2, 0.25) is 0 Å². The minimum absolute atomic E-state index is 0.0269. The lowest BCUT2D eigenvalue weighted by atomic mass is 9.97. The van der Waals surface area contributed by atoms with Crippen LogP contribution in [0.5, 0.6) is 0 Å². The van der Waals surface area contributed by atoms with Gasteiger partial charge in [0.15, 0.2) is 0 Å². The van der Waals surface area contributed by atoms with Crippen LogP contribution < -0.4 is 0 Å². The molecule has 0 spiro atoms. The van der Waals surface area contributed by atoms with Gasteiger partial charge in [0.25, 0.3) is 0 Å². The lowest BCUT2D eigenvalue weighted by molar-refractivity contribution is -0.114. The third-order valence-corrected chi connectivity index (χ3v) is 3.11. The van der Waals surface area contributed by atoms with E-state index in [0.717, 1.165) is 5.56 Å². The van der Waals surface area contributed by atoms with Crippen LogP contribution >= 0.6 is 0 Å². The molecule has 0 radical (unpaired) electrons. The second kappa shape index (κ2) is 2.78. The highest BCUT2D eigenvalue weighted by Gasteiger charge is 2.38. The van der Waals surface area contributed by atoms with Gasteiger partial charge in [-0.05, 0) is 12.5 Å². The number of carbonyl (C=O) groups excluding carboxylic acids is 3. The van der Waals surface area contributed by atoms with Gasteiger partial charge in [0.1, 0.15) is 6.10 Å². The Bertz CT molecular complexity index is 556. The first-order valence-electron chi connectivity index (χ1n) is 5.04. The van der Waals surface area contributed by atoms with Crippen molar-refractivity contribution in [1.82, 2.24) is 0 Å². The van der Waals surface area contributed by atoms with Crippen LogP contribution in [0.4, 0.5) is 0 Å². The number of hydrogen-bond donors (Lipinski definition) is 0. The molecule has 0 amide bonds. The molecule has 3 rings (SSSR count). The molecule has 0 fully saturated rings. The minimum atomic E-state index is -0.495. The van der Waals surface area contributed by atoms with Crippen molar-refractivity contribution >= 4 is 17.5 Å².